The number of halogens is 1. The van der Waals surface area contributed by atoms with Crippen molar-refractivity contribution in [1.29, 1.82) is 0 Å². The Morgan fingerprint density at radius 2 is 1.72 bits per heavy atom. The molecule has 0 aromatic heterocycles. The Bertz CT molecular complexity index is 251. The molecule has 0 bridgehead atoms. The smallest absolute Gasteiger partial charge is 0.230 e. The minimum Gasteiger partial charge on any atom is -0.372 e. The van der Waals surface area contributed by atoms with Gasteiger partial charge in [-0.1, -0.05) is 13.8 Å². The molecular formula is C13H27ClN2O2. The summed E-state index contributed by atoms with van der Waals surface area (Å²) in [6.07, 6.45) is 1.84. The van der Waals surface area contributed by atoms with E-state index in [0.717, 1.165) is 12.8 Å². The molecule has 1 amide bonds. The normalized spacial score (nSPS) is 24.6. The molecule has 1 rings (SSSR count). The molecule has 0 aromatic rings. The first-order valence-electron chi connectivity index (χ1n) is 6.64. The minimum atomic E-state index is -0.378. The summed E-state index contributed by atoms with van der Waals surface area (Å²) in [6, 6.07) is 0. The van der Waals surface area contributed by atoms with E-state index in [-0.39, 0.29) is 35.9 Å². The zero-order valence-corrected chi connectivity index (χ0v) is 12.8. The molecule has 108 valence electrons. The van der Waals surface area contributed by atoms with Crippen LogP contribution in [-0.2, 0) is 9.53 Å². The molecule has 0 aliphatic carbocycles. The van der Waals surface area contributed by atoms with Gasteiger partial charge < -0.3 is 15.4 Å². The summed E-state index contributed by atoms with van der Waals surface area (Å²) in [4.78, 5) is 14.5. The van der Waals surface area contributed by atoms with Crippen molar-refractivity contribution in [3.8, 4) is 0 Å². The van der Waals surface area contributed by atoms with Crippen molar-refractivity contribution in [3.05, 3.63) is 0 Å². The number of morpholine rings is 1. The number of nitrogens with zero attached hydrogens (tertiary/aromatic N) is 1. The SMILES string of the molecule is CCC(CC)(CN)C(=O)N1CC(C)OC(C)C1.Cl. The lowest BCUT2D eigenvalue weighted by Gasteiger charge is -2.41. The third kappa shape index (κ3) is 3.59. The van der Waals surface area contributed by atoms with Gasteiger partial charge in [0.2, 0.25) is 5.91 Å². The average molecular weight is 279 g/mol. The van der Waals surface area contributed by atoms with Crippen molar-refractivity contribution in [3.63, 3.8) is 0 Å². The number of carbonyl (C=O) groups excluding carboxylic acids is 1. The van der Waals surface area contributed by atoms with Gasteiger partial charge in [-0.05, 0) is 26.7 Å². The Morgan fingerprint density at radius 3 is 2.06 bits per heavy atom. The molecule has 1 aliphatic rings. The first-order valence-corrected chi connectivity index (χ1v) is 6.64. The Morgan fingerprint density at radius 1 is 1.28 bits per heavy atom. The highest BCUT2D eigenvalue weighted by Crippen LogP contribution is 2.29. The molecule has 2 unspecified atom stereocenters. The van der Waals surface area contributed by atoms with Crippen molar-refractivity contribution in [2.45, 2.75) is 52.7 Å². The monoisotopic (exact) mass is 278 g/mol. The first-order chi connectivity index (χ1) is 7.99. The highest BCUT2D eigenvalue weighted by atomic mass is 35.5. The van der Waals surface area contributed by atoms with Gasteiger partial charge in [-0.25, -0.2) is 0 Å². The highest BCUT2D eigenvalue weighted by molar-refractivity contribution is 5.85. The minimum absolute atomic E-state index is 0. The summed E-state index contributed by atoms with van der Waals surface area (Å²) in [5, 5.41) is 0. The summed E-state index contributed by atoms with van der Waals surface area (Å²) in [5.74, 6) is 0.201. The predicted octanol–water partition coefficient (Wildman–Crippen LogP) is 1.81. The standard InChI is InChI=1S/C13H26N2O2.ClH/c1-5-13(6-2,9-14)12(16)15-7-10(3)17-11(4)8-15;/h10-11H,5-9,14H2,1-4H3;1H. The van der Waals surface area contributed by atoms with Gasteiger partial charge in [-0.3, -0.25) is 4.79 Å². The van der Waals surface area contributed by atoms with Crippen LogP contribution in [0, 0.1) is 5.41 Å². The maximum Gasteiger partial charge on any atom is 0.230 e. The molecule has 1 saturated heterocycles. The van der Waals surface area contributed by atoms with Gasteiger partial charge in [-0.15, -0.1) is 12.4 Å². The molecule has 2 N–H and O–H groups in total. The summed E-state index contributed by atoms with van der Waals surface area (Å²) in [7, 11) is 0. The number of hydrogen-bond donors (Lipinski definition) is 1. The average Bonchev–Trinajstić information content (AvgIpc) is 2.30. The van der Waals surface area contributed by atoms with Crippen LogP contribution in [0.3, 0.4) is 0 Å². The molecule has 5 heteroatoms. The van der Waals surface area contributed by atoms with Crippen LogP contribution in [0.4, 0.5) is 0 Å². The topological polar surface area (TPSA) is 55.6 Å². The molecule has 2 atom stereocenters. The molecular weight excluding hydrogens is 252 g/mol. The lowest BCUT2D eigenvalue weighted by Crippen LogP contribution is -2.54. The third-order valence-electron chi connectivity index (χ3n) is 3.90. The predicted molar refractivity (Wildman–Crippen MR) is 75.9 cm³/mol. The van der Waals surface area contributed by atoms with E-state index in [9.17, 15) is 4.79 Å². The molecule has 0 saturated carbocycles. The molecule has 1 fully saturated rings. The van der Waals surface area contributed by atoms with Gasteiger partial charge >= 0.3 is 0 Å². The van der Waals surface area contributed by atoms with Crippen molar-refractivity contribution in [2.24, 2.45) is 11.1 Å². The van der Waals surface area contributed by atoms with E-state index in [4.69, 9.17) is 10.5 Å². The number of ether oxygens (including phenoxy) is 1. The van der Waals surface area contributed by atoms with E-state index in [0.29, 0.717) is 19.6 Å². The molecule has 0 spiro atoms. The highest BCUT2D eigenvalue weighted by Gasteiger charge is 2.39. The van der Waals surface area contributed by atoms with Crippen LogP contribution in [0.15, 0.2) is 0 Å². The van der Waals surface area contributed by atoms with Crippen LogP contribution >= 0.6 is 12.4 Å². The van der Waals surface area contributed by atoms with E-state index in [1.165, 1.54) is 0 Å². The molecule has 18 heavy (non-hydrogen) atoms. The second kappa shape index (κ2) is 7.31. The van der Waals surface area contributed by atoms with Gasteiger partial charge in [0.1, 0.15) is 0 Å². The van der Waals surface area contributed by atoms with Crippen molar-refractivity contribution >= 4 is 18.3 Å². The number of nitrogens with two attached hydrogens (primary N) is 1. The second-order valence-electron chi connectivity index (χ2n) is 5.16. The fourth-order valence-electron chi connectivity index (χ4n) is 2.61. The molecule has 0 aromatic carbocycles. The Labute approximate surface area is 117 Å². The maximum absolute atomic E-state index is 12.6. The van der Waals surface area contributed by atoms with Crippen molar-refractivity contribution < 1.29 is 9.53 Å². The van der Waals surface area contributed by atoms with Crippen LogP contribution in [0.5, 0.6) is 0 Å². The van der Waals surface area contributed by atoms with Crippen LogP contribution in [0.2, 0.25) is 0 Å². The van der Waals surface area contributed by atoms with E-state index in [1.807, 2.05) is 32.6 Å². The van der Waals surface area contributed by atoms with Crippen LogP contribution < -0.4 is 5.73 Å². The Balaban J connectivity index is 0.00000289. The Kier molecular flexibility index (Phi) is 7.18. The number of rotatable bonds is 4. The van der Waals surface area contributed by atoms with Gasteiger partial charge in [0.15, 0.2) is 0 Å². The van der Waals surface area contributed by atoms with Crippen LogP contribution in [0.25, 0.3) is 0 Å². The third-order valence-corrected chi connectivity index (χ3v) is 3.90. The summed E-state index contributed by atoms with van der Waals surface area (Å²) >= 11 is 0. The Hall–Kier alpha value is -0.320. The van der Waals surface area contributed by atoms with Gasteiger partial charge in [0.05, 0.1) is 17.6 Å². The van der Waals surface area contributed by atoms with Gasteiger partial charge in [-0.2, -0.15) is 0 Å². The fraction of sp³-hybridized carbons (Fsp3) is 0.923. The maximum atomic E-state index is 12.6. The largest absolute Gasteiger partial charge is 0.372 e. The van der Waals surface area contributed by atoms with Crippen molar-refractivity contribution in [2.75, 3.05) is 19.6 Å². The van der Waals surface area contributed by atoms with Crippen LogP contribution in [-0.4, -0.2) is 42.6 Å². The zero-order valence-electron chi connectivity index (χ0n) is 11.9. The van der Waals surface area contributed by atoms with E-state index in [2.05, 4.69) is 0 Å². The second-order valence-corrected chi connectivity index (χ2v) is 5.16. The van der Waals surface area contributed by atoms with E-state index < -0.39 is 0 Å². The zero-order chi connectivity index (χ0) is 13.1. The fourth-order valence-corrected chi connectivity index (χ4v) is 2.61. The van der Waals surface area contributed by atoms with Crippen LogP contribution in [0.1, 0.15) is 40.5 Å². The quantitative estimate of drug-likeness (QED) is 0.853. The van der Waals surface area contributed by atoms with Gasteiger partial charge in [0, 0.05) is 19.6 Å². The molecule has 1 heterocycles. The number of hydrogen-bond acceptors (Lipinski definition) is 3. The summed E-state index contributed by atoms with van der Waals surface area (Å²) < 4.78 is 5.65. The lowest BCUT2D eigenvalue weighted by atomic mass is 9.80. The lowest BCUT2D eigenvalue weighted by molar-refractivity contribution is -0.153. The summed E-state index contributed by atoms with van der Waals surface area (Å²) in [5.41, 5.74) is 5.45. The number of amides is 1. The number of carbonyl (C=O) groups is 1. The summed E-state index contributed by atoms with van der Waals surface area (Å²) in [6.45, 7) is 9.91. The first kappa shape index (κ1) is 17.7. The molecule has 4 nitrogen and oxygen atoms in total. The molecule has 1 aliphatic heterocycles. The van der Waals surface area contributed by atoms with Gasteiger partial charge in [0.25, 0.3) is 0 Å². The van der Waals surface area contributed by atoms with E-state index >= 15 is 0 Å². The van der Waals surface area contributed by atoms with Crippen molar-refractivity contribution in [1.82, 2.24) is 4.90 Å². The van der Waals surface area contributed by atoms with E-state index in [1.54, 1.807) is 0 Å². The molecule has 0 radical (unpaired) electrons.